The zero-order valence-electron chi connectivity index (χ0n) is 11.7. The van der Waals surface area contributed by atoms with Gasteiger partial charge in [-0.05, 0) is 35.0 Å². The van der Waals surface area contributed by atoms with Gasteiger partial charge in [0.05, 0.1) is 5.69 Å². The van der Waals surface area contributed by atoms with E-state index < -0.39 is 0 Å². The largest absolute Gasteiger partial charge is 0.507 e. The zero-order chi connectivity index (χ0) is 15.3. The third kappa shape index (κ3) is 1.95. The van der Waals surface area contributed by atoms with Crippen molar-refractivity contribution in [3.8, 4) is 16.9 Å². The lowest BCUT2D eigenvalue weighted by atomic mass is 10.1. The van der Waals surface area contributed by atoms with Crippen LogP contribution in [0.2, 0.25) is 0 Å². The second kappa shape index (κ2) is 4.78. The maximum absolute atomic E-state index is 10.1. The van der Waals surface area contributed by atoms with Crippen LogP contribution in [0, 0.1) is 6.92 Å². The number of phenolic OH excluding ortho intramolecular Hbond substituents is 1. The first-order valence-corrected chi connectivity index (χ1v) is 7.53. The van der Waals surface area contributed by atoms with Crippen molar-refractivity contribution in [1.82, 2.24) is 19.6 Å². The van der Waals surface area contributed by atoms with E-state index in [-0.39, 0.29) is 5.75 Å². The first kappa shape index (κ1) is 13.2. The molecule has 6 heteroatoms. The number of halogens is 1. The van der Waals surface area contributed by atoms with E-state index in [9.17, 15) is 5.11 Å². The van der Waals surface area contributed by atoms with Gasteiger partial charge in [0.25, 0.3) is 0 Å². The minimum atomic E-state index is 0.216. The van der Waals surface area contributed by atoms with Crippen LogP contribution < -0.4 is 0 Å². The molecule has 5 nitrogen and oxygen atoms in total. The Hall–Kier alpha value is -2.47. The van der Waals surface area contributed by atoms with E-state index >= 15 is 0 Å². The van der Waals surface area contributed by atoms with Crippen LogP contribution in [0.4, 0.5) is 0 Å². The Balaban J connectivity index is 2.05. The van der Waals surface area contributed by atoms with Gasteiger partial charge in [-0.3, -0.25) is 0 Å². The van der Waals surface area contributed by atoms with Crippen LogP contribution in [0.5, 0.6) is 5.75 Å². The first-order valence-electron chi connectivity index (χ1n) is 6.73. The SMILES string of the molecule is Cc1cc2ncc3cc(-c4ccccc4O)c(Br)nc3n2n1. The molecule has 0 spiro atoms. The van der Waals surface area contributed by atoms with Gasteiger partial charge >= 0.3 is 0 Å². The molecule has 1 aromatic carbocycles. The molecule has 0 radical (unpaired) electrons. The topological polar surface area (TPSA) is 63.3 Å². The molecule has 108 valence electrons. The highest BCUT2D eigenvalue weighted by atomic mass is 79.9. The molecule has 0 aliphatic carbocycles. The zero-order valence-corrected chi connectivity index (χ0v) is 13.2. The van der Waals surface area contributed by atoms with Gasteiger partial charge in [-0.25, -0.2) is 9.97 Å². The van der Waals surface area contributed by atoms with Crippen LogP contribution in [0.25, 0.3) is 27.8 Å². The second-order valence-electron chi connectivity index (χ2n) is 5.07. The average molecular weight is 355 g/mol. The lowest BCUT2D eigenvalue weighted by molar-refractivity contribution is 0.477. The Kier molecular flexibility index (Phi) is 2.87. The molecule has 22 heavy (non-hydrogen) atoms. The molecular formula is C16H11BrN4O. The molecule has 4 rings (SSSR count). The van der Waals surface area contributed by atoms with E-state index in [1.54, 1.807) is 22.8 Å². The van der Waals surface area contributed by atoms with Crippen molar-refractivity contribution in [3.63, 3.8) is 0 Å². The van der Waals surface area contributed by atoms with Crippen LogP contribution in [-0.2, 0) is 0 Å². The Morgan fingerprint density at radius 2 is 1.95 bits per heavy atom. The van der Waals surface area contributed by atoms with Gasteiger partial charge < -0.3 is 5.11 Å². The summed E-state index contributed by atoms with van der Waals surface area (Å²) < 4.78 is 2.38. The normalized spacial score (nSPS) is 11.4. The number of hydrogen-bond donors (Lipinski definition) is 1. The van der Waals surface area contributed by atoms with E-state index in [0.29, 0.717) is 4.60 Å². The molecule has 0 aliphatic rings. The Bertz CT molecular complexity index is 1030. The fraction of sp³-hybridized carbons (Fsp3) is 0.0625. The quantitative estimate of drug-likeness (QED) is 0.529. The molecule has 1 N–H and O–H groups in total. The second-order valence-corrected chi connectivity index (χ2v) is 5.82. The summed E-state index contributed by atoms with van der Waals surface area (Å²) in [4.78, 5) is 9.00. The van der Waals surface area contributed by atoms with Crippen molar-refractivity contribution < 1.29 is 5.11 Å². The highest BCUT2D eigenvalue weighted by Crippen LogP contribution is 2.35. The molecule has 0 saturated heterocycles. The molecule has 0 unspecified atom stereocenters. The predicted octanol–water partition coefficient (Wildman–Crippen LogP) is 3.72. The number of para-hydroxylation sites is 1. The highest BCUT2D eigenvalue weighted by Gasteiger charge is 2.13. The molecule has 0 amide bonds. The van der Waals surface area contributed by atoms with Crippen molar-refractivity contribution in [3.05, 3.63) is 52.9 Å². The van der Waals surface area contributed by atoms with Crippen molar-refractivity contribution in [2.24, 2.45) is 0 Å². The average Bonchev–Trinajstić information content (AvgIpc) is 2.88. The summed E-state index contributed by atoms with van der Waals surface area (Å²) in [6.45, 7) is 1.92. The fourth-order valence-corrected chi connectivity index (χ4v) is 3.02. The van der Waals surface area contributed by atoms with Crippen LogP contribution >= 0.6 is 15.9 Å². The van der Waals surface area contributed by atoms with Gasteiger partial charge in [0.15, 0.2) is 11.3 Å². The van der Waals surface area contributed by atoms with Gasteiger partial charge in [0.2, 0.25) is 0 Å². The van der Waals surface area contributed by atoms with Crippen molar-refractivity contribution >= 4 is 32.6 Å². The van der Waals surface area contributed by atoms with E-state index in [0.717, 1.165) is 33.5 Å². The maximum Gasteiger partial charge on any atom is 0.165 e. The molecule has 0 saturated carbocycles. The molecule has 0 atom stereocenters. The van der Waals surface area contributed by atoms with E-state index in [1.165, 1.54) is 0 Å². The number of aryl methyl sites for hydroxylation is 1. The molecule has 4 aromatic rings. The number of rotatable bonds is 1. The number of phenols is 1. The number of aromatic hydroxyl groups is 1. The number of aromatic nitrogens is 4. The number of nitrogens with zero attached hydrogens (tertiary/aromatic N) is 4. The molecule has 3 aromatic heterocycles. The molecule has 3 heterocycles. The predicted molar refractivity (Wildman–Crippen MR) is 87.8 cm³/mol. The van der Waals surface area contributed by atoms with Crippen LogP contribution in [-0.4, -0.2) is 24.7 Å². The van der Waals surface area contributed by atoms with Crippen LogP contribution in [0.3, 0.4) is 0 Å². The van der Waals surface area contributed by atoms with Gasteiger partial charge in [-0.1, -0.05) is 18.2 Å². The third-order valence-corrected chi connectivity index (χ3v) is 4.13. The summed E-state index contributed by atoms with van der Waals surface area (Å²) in [5.74, 6) is 0.216. The Morgan fingerprint density at radius 1 is 1.14 bits per heavy atom. The molecular weight excluding hydrogens is 344 g/mol. The van der Waals surface area contributed by atoms with Crippen molar-refractivity contribution in [1.29, 1.82) is 0 Å². The maximum atomic E-state index is 10.1. The minimum absolute atomic E-state index is 0.216. The van der Waals surface area contributed by atoms with Crippen LogP contribution in [0.1, 0.15) is 5.69 Å². The third-order valence-electron chi connectivity index (χ3n) is 3.53. The Morgan fingerprint density at radius 3 is 2.77 bits per heavy atom. The summed E-state index contributed by atoms with van der Waals surface area (Å²) in [6, 6.07) is 11.0. The van der Waals surface area contributed by atoms with Crippen LogP contribution in [0.15, 0.2) is 47.2 Å². The lowest BCUT2D eigenvalue weighted by Crippen LogP contribution is -1.97. The smallest absolute Gasteiger partial charge is 0.165 e. The van der Waals surface area contributed by atoms with Gasteiger partial charge in [-0.2, -0.15) is 9.61 Å². The number of fused-ring (bicyclic) bond motifs is 3. The highest BCUT2D eigenvalue weighted by molar-refractivity contribution is 9.10. The van der Waals surface area contributed by atoms with Crippen molar-refractivity contribution in [2.75, 3.05) is 0 Å². The van der Waals surface area contributed by atoms with Crippen molar-refractivity contribution in [2.45, 2.75) is 6.92 Å². The van der Waals surface area contributed by atoms with E-state index in [1.807, 2.05) is 31.2 Å². The van der Waals surface area contributed by atoms with E-state index in [4.69, 9.17) is 0 Å². The standard InChI is InChI=1S/C16H11BrN4O/c1-9-6-14-18-8-10-7-12(11-4-2-3-5-13(11)22)15(17)19-16(10)21(14)20-9/h2-8,22H,1H3. The summed E-state index contributed by atoms with van der Waals surface area (Å²) in [6.07, 6.45) is 1.77. The Labute approximate surface area is 134 Å². The number of benzene rings is 1. The monoisotopic (exact) mass is 354 g/mol. The summed E-state index contributed by atoms with van der Waals surface area (Å²) in [5, 5.41) is 15.3. The number of hydrogen-bond acceptors (Lipinski definition) is 4. The summed E-state index contributed by atoms with van der Waals surface area (Å²) in [7, 11) is 0. The molecule has 0 aliphatic heterocycles. The van der Waals surface area contributed by atoms with Gasteiger partial charge in [0.1, 0.15) is 10.4 Å². The van der Waals surface area contributed by atoms with Gasteiger partial charge in [-0.15, -0.1) is 0 Å². The summed E-state index contributed by atoms with van der Waals surface area (Å²) >= 11 is 3.50. The fourth-order valence-electron chi connectivity index (χ4n) is 2.52. The molecule has 0 fully saturated rings. The molecule has 0 bridgehead atoms. The first-order chi connectivity index (χ1) is 10.6. The minimum Gasteiger partial charge on any atom is -0.507 e. The number of pyridine rings is 1. The summed E-state index contributed by atoms with van der Waals surface area (Å²) in [5.41, 5.74) is 3.92. The lowest BCUT2D eigenvalue weighted by Gasteiger charge is -2.08. The van der Waals surface area contributed by atoms with E-state index in [2.05, 4.69) is 31.0 Å². The van der Waals surface area contributed by atoms with Gasteiger partial charge in [0, 0.05) is 28.8 Å².